The van der Waals surface area contributed by atoms with E-state index in [4.69, 9.17) is 4.74 Å². The molecule has 0 unspecified atom stereocenters. The molecule has 0 atom stereocenters. The van der Waals surface area contributed by atoms with Crippen molar-refractivity contribution in [3.8, 4) is 5.75 Å². The number of benzene rings is 1. The van der Waals surface area contributed by atoms with Crippen molar-refractivity contribution >= 4 is 0 Å². The van der Waals surface area contributed by atoms with Crippen LogP contribution in [-0.4, -0.2) is 31.1 Å². The Kier molecular flexibility index (Phi) is 5.06. The molecule has 1 aromatic rings. The van der Waals surface area contributed by atoms with Crippen LogP contribution in [0, 0.1) is 0 Å². The Morgan fingerprint density at radius 2 is 1.83 bits per heavy atom. The van der Waals surface area contributed by atoms with Gasteiger partial charge in [0.05, 0.1) is 0 Å². The summed E-state index contributed by atoms with van der Waals surface area (Å²) >= 11 is 0. The first-order chi connectivity index (χ1) is 8.77. The Morgan fingerprint density at radius 1 is 1.11 bits per heavy atom. The second kappa shape index (κ2) is 6.79. The van der Waals surface area contributed by atoms with Crippen LogP contribution in [-0.2, 0) is 0 Å². The molecule has 0 spiro atoms. The molecule has 1 aromatic carbocycles. The number of piperidine rings is 1. The van der Waals surface area contributed by atoms with E-state index in [-0.39, 0.29) is 0 Å². The number of hydrogen-bond donors (Lipinski definition) is 0. The molecule has 1 saturated heterocycles. The molecule has 18 heavy (non-hydrogen) atoms. The molecule has 2 rings (SSSR count). The fraction of sp³-hybridized carbons (Fsp3) is 0.625. The zero-order valence-electron chi connectivity index (χ0n) is 11.7. The van der Waals surface area contributed by atoms with Crippen LogP contribution in [0.2, 0.25) is 0 Å². The Hall–Kier alpha value is -1.02. The van der Waals surface area contributed by atoms with Gasteiger partial charge < -0.3 is 4.74 Å². The van der Waals surface area contributed by atoms with Crippen molar-refractivity contribution in [1.29, 1.82) is 0 Å². The van der Waals surface area contributed by atoms with Crippen LogP contribution in [0.5, 0.6) is 5.75 Å². The molecule has 1 fully saturated rings. The van der Waals surface area contributed by atoms with Crippen molar-refractivity contribution in [2.75, 3.05) is 26.2 Å². The van der Waals surface area contributed by atoms with Crippen molar-refractivity contribution < 1.29 is 4.74 Å². The number of hydrogen-bond acceptors (Lipinski definition) is 2. The molecule has 1 aliphatic rings. The molecule has 0 amide bonds. The van der Waals surface area contributed by atoms with Gasteiger partial charge in [0.1, 0.15) is 12.4 Å². The molecular formula is C16H25NO. The van der Waals surface area contributed by atoms with Gasteiger partial charge in [0.25, 0.3) is 0 Å². The van der Waals surface area contributed by atoms with Crippen molar-refractivity contribution in [3.05, 3.63) is 29.8 Å². The van der Waals surface area contributed by atoms with Crippen LogP contribution >= 0.6 is 0 Å². The monoisotopic (exact) mass is 247 g/mol. The first kappa shape index (κ1) is 13.4. The second-order valence-corrected chi connectivity index (χ2v) is 5.44. The van der Waals surface area contributed by atoms with Crippen LogP contribution in [0.1, 0.15) is 44.6 Å². The van der Waals surface area contributed by atoms with Crippen LogP contribution in [0.4, 0.5) is 0 Å². The molecule has 2 nitrogen and oxygen atoms in total. The molecule has 0 aromatic heterocycles. The summed E-state index contributed by atoms with van der Waals surface area (Å²) in [7, 11) is 0. The van der Waals surface area contributed by atoms with E-state index in [0.717, 1.165) is 18.9 Å². The lowest BCUT2D eigenvalue weighted by atomic mass is 10.0. The summed E-state index contributed by atoms with van der Waals surface area (Å²) in [6, 6.07) is 8.40. The quantitative estimate of drug-likeness (QED) is 0.787. The summed E-state index contributed by atoms with van der Waals surface area (Å²) in [6.07, 6.45) is 4.10. The third kappa shape index (κ3) is 3.74. The Morgan fingerprint density at radius 3 is 2.56 bits per heavy atom. The number of nitrogens with zero attached hydrogens (tertiary/aromatic N) is 1. The van der Waals surface area contributed by atoms with E-state index in [1.54, 1.807) is 0 Å². The minimum absolute atomic E-state index is 0.524. The highest BCUT2D eigenvalue weighted by molar-refractivity contribution is 5.35. The van der Waals surface area contributed by atoms with E-state index >= 15 is 0 Å². The van der Waals surface area contributed by atoms with Gasteiger partial charge in [-0.1, -0.05) is 38.5 Å². The first-order valence-electron chi connectivity index (χ1n) is 7.21. The van der Waals surface area contributed by atoms with E-state index in [1.807, 2.05) is 0 Å². The molecule has 1 heterocycles. The van der Waals surface area contributed by atoms with Gasteiger partial charge in [-0.3, -0.25) is 4.90 Å². The summed E-state index contributed by atoms with van der Waals surface area (Å²) in [4.78, 5) is 2.52. The minimum Gasteiger partial charge on any atom is -0.492 e. The highest BCUT2D eigenvalue weighted by Crippen LogP contribution is 2.25. The summed E-state index contributed by atoms with van der Waals surface area (Å²) in [6.45, 7) is 8.79. The van der Waals surface area contributed by atoms with E-state index in [0.29, 0.717) is 5.92 Å². The van der Waals surface area contributed by atoms with Gasteiger partial charge in [-0.05, 0) is 43.5 Å². The van der Waals surface area contributed by atoms with Gasteiger partial charge >= 0.3 is 0 Å². The average molecular weight is 247 g/mol. The molecule has 1 aliphatic heterocycles. The van der Waals surface area contributed by atoms with Crippen LogP contribution in [0.25, 0.3) is 0 Å². The fourth-order valence-electron chi connectivity index (χ4n) is 2.56. The van der Waals surface area contributed by atoms with Crippen LogP contribution in [0.15, 0.2) is 24.3 Å². The number of para-hydroxylation sites is 1. The van der Waals surface area contributed by atoms with Crippen molar-refractivity contribution in [3.63, 3.8) is 0 Å². The number of likely N-dealkylation sites (tertiary alicyclic amines) is 1. The maximum Gasteiger partial charge on any atom is 0.122 e. The highest BCUT2D eigenvalue weighted by atomic mass is 16.5. The van der Waals surface area contributed by atoms with Crippen LogP contribution < -0.4 is 4.74 Å². The molecular weight excluding hydrogens is 222 g/mol. The van der Waals surface area contributed by atoms with Crippen LogP contribution in [0.3, 0.4) is 0 Å². The highest BCUT2D eigenvalue weighted by Gasteiger charge is 2.11. The van der Waals surface area contributed by atoms with Gasteiger partial charge in [0, 0.05) is 6.54 Å². The standard InChI is InChI=1S/C16H25NO/c1-14(2)15-8-4-5-9-16(15)18-13-12-17-10-6-3-7-11-17/h4-5,8-9,14H,3,6-7,10-13H2,1-2H3. The molecule has 0 aliphatic carbocycles. The lowest BCUT2D eigenvalue weighted by Gasteiger charge is -2.26. The van der Waals surface area contributed by atoms with Gasteiger partial charge in [-0.25, -0.2) is 0 Å². The average Bonchev–Trinajstić information content (AvgIpc) is 2.40. The Balaban J connectivity index is 1.82. The number of rotatable bonds is 5. The van der Waals surface area contributed by atoms with Crippen molar-refractivity contribution in [2.45, 2.75) is 39.0 Å². The Labute approximate surface area is 111 Å². The number of ether oxygens (including phenoxy) is 1. The largest absolute Gasteiger partial charge is 0.492 e. The SMILES string of the molecule is CC(C)c1ccccc1OCCN1CCCCC1. The Bertz CT molecular complexity index is 356. The molecule has 0 N–H and O–H groups in total. The van der Waals surface area contributed by atoms with E-state index < -0.39 is 0 Å². The summed E-state index contributed by atoms with van der Waals surface area (Å²) in [5.74, 6) is 1.58. The minimum atomic E-state index is 0.524. The van der Waals surface area contributed by atoms with E-state index in [1.165, 1.54) is 37.9 Å². The zero-order valence-corrected chi connectivity index (χ0v) is 11.7. The summed E-state index contributed by atoms with van der Waals surface area (Å²) in [5, 5.41) is 0. The normalized spacial score (nSPS) is 17.1. The topological polar surface area (TPSA) is 12.5 Å². The maximum atomic E-state index is 5.96. The van der Waals surface area contributed by atoms with Gasteiger partial charge in [0.15, 0.2) is 0 Å². The van der Waals surface area contributed by atoms with E-state index in [9.17, 15) is 0 Å². The fourth-order valence-corrected chi connectivity index (χ4v) is 2.56. The predicted octanol–water partition coefficient (Wildman–Crippen LogP) is 3.67. The van der Waals surface area contributed by atoms with Gasteiger partial charge in [0.2, 0.25) is 0 Å². The zero-order chi connectivity index (χ0) is 12.8. The van der Waals surface area contributed by atoms with Crippen molar-refractivity contribution in [2.24, 2.45) is 0 Å². The lowest BCUT2D eigenvalue weighted by molar-refractivity contribution is 0.182. The maximum absolute atomic E-state index is 5.96. The molecule has 2 heteroatoms. The lowest BCUT2D eigenvalue weighted by Crippen LogP contribution is -2.33. The third-order valence-electron chi connectivity index (χ3n) is 3.65. The summed E-state index contributed by atoms with van der Waals surface area (Å²) < 4.78 is 5.96. The molecule has 0 bridgehead atoms. The van der Waals surface area contributed by atoms with Crippen molar-refractivity contribution in [1.82, 2.24) is 4.90 Å². The smallest absolute Gasteiger partial charge is 0.122 e. The van der Waals surface area contributed by atoms with Gasteiger partial charge in [-0.15, -0.1) is 0 Å². The second-order valence-electron chi connectivity index (χ2n) is 5.44. The van der Waals surface area contributed by atoms with E-state index in [2.05, 4.69) is 43.0 Å². The predicted molar refractivity (Wildman–Crippen MR) is 76.3 cm³/mol. The third-order valence-corrected chi connectivity index (χ3v) is 3.65. The molecule has 0 saturated carbocycles. The first-order valence-corrected chi connectivity index (χ1v) is 7.21. The van der Waals surface area contributed by atoms with Gasteiger partial charge in [-0.2, -0.15) is 0 Å². The molecule has 100 valence electrons. The molecule has 0 radical (unpaired) electrons. The summed E-state index contributed by atoms with van der Waals surface area (Å²) in [5.41, 5.74) is 1.32.